The molecule has 0 heterocycles. The first kappa shape index (κ1) is 10.6. The average Bonchev–Trinajstić information content (AvgIpc) is 2.77. The van der Waals surface area contributed by atoms with Crippen molar-refractivity contribution in [3.8, 4) is 5.75 Å². The number of rotatable bonds is 1. The summed E-state index contributed by atoms with van der Waals surface area (Å²) in [6.07, 6.45) is 2.61. The lowest BCUT2D eigenvalue weighted by molar-refractivity contribution is 0.181. The SMILES string of the molecule is Oc1ccc(C2CCC(O)C2)c2ccccc12. The Morgan fingerprint density at radius 2 is 1.71 bits per heavy atom. The summed E-state index contributed by atoms with van der Waals surface area (Å²) in [4.78, 5) is 0. The zero-order chi connectivity index (χ0) is 11.8. The van der Waals surface area contributed by atoms with Crippen LogP contribution in [0.3, 0.4) is 0 Å². The number of phenols is 1. The van der Waals surface area contributed by atoms with Crippen LogP contribution in [0.25, 0.3) is 10.8 Å². The molecule has 2 N–H and O–H groups in total. The number of aliphatic hydroxyl groups excluding tert-OH is 1. The quantitative estimate of drug-likeness (QED) is 0.787. The van der Waals surface area contributed by atoms with E-state index in [1.54, 1.807) is 6.07 Å². The largest absolute Gasteiger partial charge is 0.507 e. The monoisotopic (exact) mass is 228 g/mol. The maximum Gasteiger partial charge on any atom is 0.123 e. The zero-order valence-corrected chi connectivity index (χ0v) is 9.63. The predicted molar refractivity (Wildman–Crippen MR) is 68.2 cm³/mol. The molecular weight excluding hydrogens is 212 g/mol. The van der Waals surface area contributed by atoms with Gasteiger partial charge in [-0.15, -0.1) is 0 Å². The summed E-state index contributed by atoms with van der Waals surface area (Å²) in [6.45, 7) is 0. The van der Waals surface area contributed by atoms with Crippen LogP contribution in [0.1, 0.15) is 30.7 Å². The second-order valence-corrected chi connectivity index (χ2v) is 4.88. The van der Waals surface area contributed by atoms with Crippen LogP contribution in [0.15, 0.2) is 36.4 Å². The topological polar surface area (TPSA) is 40.5 Å². The Labute approximate surface area is 101 Å². The molecule has 0 spiro atoms. The zero-order valence-electron chi connectivity index (χ0n) is 9.63. The third-order valence-electron chi connectivity index (χ3n) is 3.78. The van der Waals surface area contributed by atoms with E-state index in [1.165, 1.54) is 5.56 Å². The van der Waals surface area contributed by atoms with Crippen molar-refractivity contribution < 1.29 is 10.2 Å². The smallest absolute Gasteiger partial charge is 0.123 e. The van der Waals surface area contributed by atoms with Gasteiger partial charge in [0.1, 0.15) is 5.75 Å². The van der Waals surface area contributed by atoms with E-state index in [4.69, 9.17) is 0 Å². The first-order chi connectivity index (χ1) is 8.25. The van der Waals surface area contributed by atoms with Crippen LogP contribution in [0.4, 0.5) is 0 Å². The summed E-state index contributed by atoms with van der Waals surface area (Å²) in [5, 5.41) is 21.5. The molecule has 2 aromatic carbocycles. The fraction of sp³-hybridized carbons (Fsp3) is 0.333. The second kappa shape index (κ2) is 4.04. The lowest BCUT2D eigenvalue weighted by Gasteiger charge is -2.14. The Morgan fingerprint density at radius 1 is 0.941 bits per heavy atom. The van der Waals surface area contributed by atoms with Gasteiger partial charge in [-0.1, -0.05) is 30.3 Å². The molecule has 2 heteroatoms. The van der Waals surface area contributed by atoms with E-state index >= 15 is 0 Å². The highest BCUT2D eigenvalue weighted by Crippen LogP contribution is 2.39. The van der Waals surface area contributed by atoms with Crippen molar-refractivity contribution in [2.24, 2.45) is 0 Å². The number of benzene rings is 2. The van der Waals surface area contributed by atoms with E-state index < -0.39 is 0 Å². The van der Waals surface area contributed by atoms with Crippen LogP contribution >= 0.6 is 0 Å². The Bertz CT molecular complexity index is 548. The van der Waals surface area contributed by atoms with Crippen molar-refractivity contribution in [1.82, 2.24) is 0 Å². The van der Waals surface area contributed by atoms with Gasteiger partial charge < -0.3 is 10.2 Å². The predicted octanol–water partition coefficient (Wildman–Crippen LogP) is 3.17. The number of fused-ring (bicyclic) bond motifs is 1. The van der Waals surface area contributed by atoms with E-state index in [2.05, 4.69) is 6.07 Å². The van der Waals surface area contributed by atoms with Gasteiger partial charge in [0.05, 0.1) is 6.10 Å². The van der Waals surface area contributed by atoms with Gasteiger partial charge >= 0.3 is 0 Å². The Kier molecular flexibility index (Phi) is 2.52. The molecule has 2 nitrogen and oxygen atoms in total. The van der Waals surface area contributed by atoms with Gasteiger partial charge in [0.2, 0.25) is 0 Å². The standard InChI is InChI=1S/C15H16O2/c16-11-6-5-10(9-11)12-7-8-15(17)14-4-2-1-3-13(12)14/h1-4,7-8,10-11,16-17H,5-6,9H2. The molecule has 0 bridgehead atoms. The van der Waals surface area contributed by atoms with Crippen LogP contribution in [0.2, 0.25) is 0 Å². The molecule has 2 atom stereocenters. The molecule has 1 aliphatic carbocycles. The highest BCUT2D eigenvalue weighted by Gasteiger charge is 2.25. The molecule has 3 rings (SSSR count). The van der Waals surface area contributed by atoms with Gasteiger partial charge in [-0.3, -0.25) is 0 Å². The van der Waals surface area contributed by atoms with Crippen molar-refractivity contribution in [3.63, 3.8) is 0 Å². The number of aliphatic hydroxyl groups is 1. The van der Waals surface area contributed by atoms with Gasteiger partial charge in [-0.2, -0.15) is 0 Å². The van der Waals surface area contributed by atoms with Crippen molar-refractivity contribution in [3.05, 3.63) is 42.0 Å². The number of hydrogen-bond acceptors (Lipinski definition) is 2. The molecule has 0 aliphatic heterocycles. The summed E-state index contributed by atoms with van der Waals surface area (Å²) in [5.41, 5.74) is 1.26. The minimum atomic E-state index is -0.160. The molecule has 0 radical (unpaired) electrons. The van der Waals surface area contributed by atoms with E-state index in [9.17, 15) is 10.2 Å². The molecule has 1 aliphatic rings. The lowest BCUT2D eigenvalue weighted by atomic mass is 9.92. The highest BCUT2D eigenvalue weighted by molar-refractivity contribution is 5.91. The van der Waals surface area contributed by atoms with Gasteiger partial charge in [-0.05, 0) is 42.2 Å². The molecule has 2 unspecified atom stereocenters. The fourth-order valence-corrected chi connectivity index (χ4v) is 2.90. The van der Waals surface area contributed by atoms with Crippen molar-refractivity contribution in [2.75, 3.05) is 0 Å². The molecule has 2 aromatic rings. The number of aromatic hydroxyl groups is 1. The number of hydrogen-bond donors (Lipinski definition) is 2. The van der Waals surface area contributed by atoms with Gasteiger partial charge in [-0.25, -0.2) is 0 Å². The van der Waals surface area contributed by atoms with E-state index in [-0.39, 0.29) is 6.10 Å². The normalized spacial score (nSPS) is 24.3. The van der Waals surface area contributed by atoms with Crippen LogP contribution < -0.4 is 0 Å². The van der Waals surface area contributed by atoms with E-state index in [0.29, 0.717) is 11.7 Å². The molecule has 88 valence electrons. The van der Waals surface area contributed by atoms with Gasteiger partial charge in [0.25, 0.3) is 0 Å². The third kappa shape index (κ3) is 1.79. The summed E-state index contributed by atoms with van der Waals surface area (Å²) in [7, 11) is 0. The van der Waals surface area contributed by atoms with Gasteiger partial charge in [0.15, 0.2) is 0 Å². The van der Waals surface area contributed by atoms with Crippen LogP contribution in [-0.2, 0) is 0 Å². The molecule has 0 saturated heterocycles. The van der Waals surface area contributed by atoms with Crippen LogP contribution in [0, 0.1) is 0 Å². The molecule has 17 heavy (non-hydrogen) atoms. The average molecular weight is 228 g/mol. The van der Waals surface area contributed by atoms with Crippen molar-refractivity contribution in [2.45, 2.75) is 31.3 Å². The van der Waals surface area contributed by atoms with E-state index in [0.717, 1.165) is 30.0 Å². The Morgan fingerprint density at radius 3 is 2.41 bits per heavy atom. The van der Waals surface area contributed by atoms with Crippen molar-refractivity contribution >= 4 is 10.8 Å². The Hall–Kier alpha value is -1.54. The highest BCUT2D eigenvalue weighted by atomic mass is 16.3. The van der Waals surface area contributed by atoms with Crippen molar-refractivity contribution in [1.29, 1.82) is 0 Å². The molecule has 1 fully saturated rings. The maximum atomic E-state index is 9.84. The van der Waals surface area contributed by atoms with E-state index in [1.807, 2.05) is 24.3 Å². The second-order valence-electron chi connectivity index (χ2n) is 4.88. The molecule has 0 amide bonds. The Balaban J connectivity index is 2.14. The van der Waals surface area contributed by atoms with Gasteiger partial charge in [0, 0.05) is 5.39 Å². The fourth-order valence-electron chi connectivity index (χ4n) is 2.90. The first-order valence-electron chi connectivity index (χ1n) is 6.14. The minimum Gasteiger partial charge on any atom is -0.507 e. The van der Waals surface area contributed by atoms with Crippen LogP contribution in [0.5, 0.6) is 5.75 Å². The molecule has 0 aromatic heterocycles. The third-order valence-corrected chi connectivity index (χ3v) is 3.78. The number of phenolic OH excluding ortho intramolecular Hbond substituents is 1. The lowest BCUT2D eigenvalue weighted by Crippen LogP contribution is -2.00. The summed E-state index contributed by atoms with van der Waals surface area (Å²) in [5.74, 6) is 0.762. The molecule has 1 saturated carbocycles. The molecular formula is C15H16O2. The minimum absolute atomic E-state index is 0.160. The maximum absolute atomic E-state index is 9.84. The summed E-state index contributed by atoms with van der Waals surface area (Å²) in [6, 6.07) is 11.7. The summed E-state index contributed by atoms with van der Waals surface area (Å²) < 4.78 is 0. The first-order valence-corrected chi connectivity index (χ1v) is 6.14. The van der Waals surface area contributed by atoms with Crippen LogP contribution in [-0.4, -0.2) is 16.3 Å². The summed E-state index contributed by atoms with van der Waals surface area (Å²) >= 11 is 0.